The monoisotopic (exact) mass is 634 g/mol. The van der Waals surface area contributed by atoms with Crippen LogP contribution in [0.2, 0.25) is 0 Å². The lowest BCUT2D eigenvalue weighted by Gasteiger charge is -2.49. The number of hydrogen-bond donors (Lipinski definition) is 1. The average Bonchev–Trinajstić information content (AvgIpc) is 2.89. The van der Waals surface area contributed by atoms with E-state index < -0.39 is 79.9 Å². The first-order valence-corrected chi connectivity index (χ1v) is 13.7. The van der Waals surface area contributed by atoms with Gasteiger partial charge in [-0.1, -0.05) is 12.1 Å². The Morgan fingerprint density at radius 3 is 2.16 bits per heavy atom. The summed E-state index contributed by atoms with van der Waals surface area (Å²) >= 11 is 0. The zero-order valence-electron chi connectivity index (χ0n) is 25.6. The number of esters is 4. The quantitative estimate of drug-likeness (QED) is 0.162. The van der Waals surface area contributed by atoms with E-state index >= 15 is 0 Å². The normalized spacial score (nSPS) is 25.7. The Labute approximate surface area is 259 Å². The fraction of sp³-hybridized carbons (Fsp3) is 0.500. The van der Waals surface area contributed by atoms with Crippen LogP contribution in [0.4, 0.5) is 0 Å². The van der Waals surface area contributed by atoms with Crippen LogP contribution in [0.15, 0.2) is 24.2 Å². The summed E-state index contributed by atoms with van der Waals surface area (Å²) in [5, 5.41) is 0. The minimum Gasteiger partial charge on any atom is -0.495 e. The SMILES string of the molecule is CC(=O)OC[C@H]1O[C@H](Oc2ccc(/C=C/B3OC(=O)CN(C)CC(=O)O3)cc2C)[C@@](N)(OC(C)=O)[C@@H](OC(C)=O)[C@@H]1OC(C)=O. The van der Waals surface area contributed by atoms with Gasteiger partial charge in [-0.25, -0.2) is 0 Å². The lowest BCUT2D eigenvalue weighted by atomic mass is 9.88. The first kappa shape index (κ1) is 35.0. The van der Waals surface area contributed by atoms with Crippen LogP contribution in [0.1, 0.15) is 38.8 Å². The van der Waals surface area contributed by atoms with Gasteiger partial charge in [0.1, 0.15) is 18.5 Å². The van der Waals surface area contributed by atoms with Gasteiger partial charge in [0.05, 0.1) is 13.1 Å². The van der Waals surface area contributed by atoms with Crippen LogP contribution >= 0.6 is 0 Å². The van der Waals surface area contributed by atoms with Gasteiger partial charge in [-0.3, -0.25) is 39.4 Å². The molecule has 244 valence electrons. The fourth-order valence-corrected chi connectivity index (χ4v) is 4.55. The van der Waals surface area contributed by atoms with Gasteiger partial charge in [0.25, 0.3) is 12.0 Å². The number of nitrogens with zero attached hydrogens (tertiary/aromatic N) is 1. The molecule has 0 spiro atoms. The highest BCUT2D eigenvalue weighted by atomic mass is 16.7. The van der Waals surface area contributed by atoms with Crippen LogP contribution in [0.3, 0.4) is 0 Å². The Bertz CT molecular complexity index is 1330. The number of ether oxygens (including phenoxy) is 6. The van der Waals surface area contributed by atoms with Crippen LogP contribution in [0, 0.1) is 6.92 Å². The van der Waals surface area contributed by atoms with Crippen molar-refractivity contribution in [3.63, 3.8) is 0 Å². The first-order valence-electron chi connectivity index (χ1n) is 13.7. The van der Waals surface area contributed by atoms with Gasteiger partial charge < -0.3 is 37.7 Å². The summed E-state index contributed by atoms with van der Waals surface area (Å²) in [6, 6.07) is 4.80. The Morgan fingerprint density at radius 1 is 1.00 bits per heavy atom. The second-order valence-electron chi connectivity index (χ2n) is 10.4. The van der Waals surface area contributed by atoms with Crippen LogP contribution in [0.25, 0.3) is 6.08 Å². The molecule has 5 atom stereocenters. The molecule has 2 heterocycles. The number of hydrogen-bond acceptors (Lipinski definition) is 16. The van der Waals surface area contributed by atoms with Crippen LogP contribution in [0.5, 0.6) is 5.75 Å². The number of carbonyl (C=O) groups is 6. The summed E-state index contributed by atoms with van der Waals surface area (Å²) in [6.07, 6.45) is -4.51. The van der Waals surface area contributed by atoms with Crippen molar-refractivity contribution in [1.29, 1.82) is 0 Å². The number of carbonyl (C=O) groups excluding carboxylic acids is 6. The van der Waals surface area contributed by atoms with Crippen molar-refractivity contribution >= 4 is 49.0 Å². The number of aryl methyl sites for hydroxylation is 1. The molecule has 17 heteroatoms. The second-order valence-corrected chi connectivity index (χ2v) is 10.4. The van der Waals surface area contributed by atoms with E-state index in [0.29, 0.717) is 11.1 Å². The maximum absolute atomic E-state index is 12.2. The van der Waals surface area contributed by atoms with E-state index in [0.717, 1.165) is 27.7 Å². The molecule has 0 saturated carbocycles. The highest BCUT2D eigenvalue weighted by Crippen LogP contribution is 2.36. The Kier molecular flexibility index (Phi) is 11.7. The molecule has 0 aromatic heterocycles. The van der Waals surface area contributed by atoms with Gasteiger partial charge in [0.15, 0.2) is 6.10 Å². The summed E-state index contributed by atoms with van der Waals surface area (Å²) in [7, 11) is 0.351. The molecule has 2 saturated heterocycles. The van der Waals surface area contributed by atoms with Gasteiger partial charge in [0, 0.05) is 27.7 Å². The average molecular weight is 634 g/mol. The molecule has 0 unspecified atom stereocenters. The molecule has 0 aliphatic carbocycles. The molecule has 2 fully saturated rings. The van der Waals surface area contributed by atoms with Crippen molar-refractivity contribution in [3.8, 4) is 5.75 Å². The Morgan fingerprint density at radius 2 is 1.62 bits per heavy atom. The molecule has 1 aromatic carbocycles. The van der Waals surface area contributed by atoms with Crippen molar-refractivity contribution in [2.24, 2.45) is 5.73 Å². The number of likely N-dealkylation sites (N-methyl/N-ethyl adjacent to an activating group) is 1. The van der Waals surface area contributed by atoms with Gasteiger partial charge in [-0.2, -0.15) is 0 Å². The predicted octanol–water partition coefficient (Wildman–Crippen LogP) is -0.184. The molecule has 3 rings (SSSR count). The molecule has 0 bridgehead atoms. The maximum Gasteiger partial charge on any atom is 0.628 e. The first-order chi connectivity index (χ1) is 21.1. The fourth-order valence-electron chi connectivity index (χ4n) is 4.55. The van der Waals surface area contributed by atoms with Crippen LogP contribution in [-0.4, -0.2) is 105 Å². The topological polar surface area (TPSA) is 206 Å². The molecular formula is C28H35BN2O14. The van der Waals surface area contributed by atoms with E-state index in [9.17, 15) is 28.8 Å². The van der Waals surface area contributed by atoms with E-state index in [2.05, 4.69) is 0 Å². The molecule has 2 aliphatic rings. The lowest BCUT2D eigenvalue weighted by molar-refractivity contribution is -0.325. The van der Waals surface area contributed by atoms with E-state index in [4.69, 9.17) is 43.5 Å². The molecule has 2 aliphatic heterocycles. The Balaban J connectivity index is 1.92. The van der Waals surface area contributed by atoms with E-state index in [-0.39, 0.29) is 18.8 Å². The highest BCUT2D eigenvalue weighted by Gasteiger charge is 2.62. The van der Waals surface area contributed by atoms with E-state index in [1.54, 1.807) is 32.2 Å². The smallest absolute Gasteiger partial charge is 0.495 e. The largest absolute Gasteiger partial charge is 0.628 e. The number of benzene rings is 1. The standard InChI is InChI=1S/C28H35BN2O14/c1-15-11-20(9-10-29-44-23(36)12-31(6)13-24(37)45-29)7-8-21(15)41-27-28(30,43-19(5)35)26(40-18(4)34)25(39-17(3)33)22(42-27)14-38-16(2)32/h7-11,22,25-27H,12-14,30H2,1-6H3/b10-9+/t22-,25-,26+,27+,28+/m1/s1. The summed E-state index contributed by atoms with van der Waals surface area (Å²) in [6.45, 7) is 5.41. The number of nitrogens with two attached hydrogens (primary N) is 1. The predicted molar refractivity (Wildman–Crippen MR) is 151 cm³/mol. The lowest BCUT2D eigenvalue weighted by Crippen LogP contribution is -2.75. The van der Waals surface area contributed by atoms with Crippen molar-refractivity contribution in [2.45, 2.75) is 64.9 Å². The minimum absolute atomic E-state index is 0.0779. The molecule has 1 aromatic rings. The van der Waals surface area contributed by atoms with E-state index in [1.807, 2.05) is 0 Å². The summed E-state index contributed by atoms with van der Waals surface area (Å²) < 4.78 is 43.6. The van der Waals surface area contributed by atoms with Gasteiger partial charge in [0.2, 0.25) is 6.10 Å². The third-order valence-corrected chi connectivity index (χ3v) is 6.31. The van der Waals surface area contributed by atoms with Crippen molar-refractivity contribution in [3.05, 3.63) is 35.3 Å². The number of rotatable bonds is 9. The third-order valence-electron chi connectivity index (χ3n) is 6.31. The second kappa shape index (κ2) is 15.0. The molecule has 0 radical (unpaired) electrons. The van der Waals surface area contributed by atoms with Crippen LogP contribution < -0.4 is 10.5 Å². The summed E-state index contributed by atoms with van der Waals surface area (Å²) in [4.78, 5) is 73.3. The molecule has 45 heavy (non-hydrogen) atoms. The highest BCUT2D eigenvalue weighted by molar-refractivity contribution is 6.55. The molecule has 0 amide bonds. The van der Waals surface area contributed by atoms with Gasteiger partial charge in [-0.15, -0.1) is 0 Å². The molecule has 16 nitrogen and oxygen atoms in total. The third kappa shape index (κ3) is 9.76. The van der Waals surface area contributed by atoms with Gasteiger partial charge >= 0.3 is 42.9 Å². The van der Waals surface area contributed by atoms with Crippen molar-refractivity contribution in [2.75, 3.05) is 26.7 Å². The Hall–Kier alpha value is -4.48. The minimum atomic E-state index is -2.35. The zero-order chi connectivity index (χ0) is 33.5. The maximum atomic E-state index is 12.2. The van der Waals surface area contributed by atoms with Crippen molar-refractivity contribution in [1.82, 2.24) is 4.90 Å². The zero-order valence-corrected chi connectivity index (χ0v) is 25.6. The van der Waals surface area contributed by atoms with E-state index in [1.165, 1.54) is 16.9 Å². The molecular weight excluding hydrogens is 599 g/mol. The summed E-state index contributed by atoms with van der Waals surface area (Å²) in [5.41, 5.74) is 5.28. The summed E-state index contributed by atoms with van der Waals surface area (Å²) in [5.74, 6) is -2.80. The molecule has 2 N–H and O–H groups in total. The van der Waals surface area contributed by atoms with Gasteiger partial charge in [-0.05, 0) is 43.2 Å². The van der Waals surface area contributed by atoms with Crippen LogP contribution in [-0.2, 0) is 61.8 Å². The van der Waals surface area contributed by atoms with Crippen molar-refractivity contribution < 1.29 is 66.5 Å².